The van der Waals surface area contributed by atoms with Crippen LogP contribution in [0.1, 0.15) is 17.0 Å². The number of nitrogens with one attached hydrogen (secondary N) is 1. The standard InChI is InChI=1S/C19H23N5O4S/c1-13-5-6-17(16(11-13)28-4)29(26,27)20-9-10-23-19(25)8-7-18(22-23)24-15(3)12-14(2)21-24/h5-8,11-12,20H,9-10H2,1-4H3. The van der Waals surface area contributed by atoms with Gasteiger partial charge in [-0.05, 0) is 50.6 Å². The Labute approximate surface area is 169 Å². The molecule has 1 aromatic carbocycles. The van der Waals surface area contributed by atoms with E-state index in [1.165, 1.54) is 23.9 Å². The van der Waals surface area contributed by atoms with Crippen LogP contribution in [0.3, 0.4) is 0 Å². The van der Waals surface area contributed by atoms with Crippen LogP contribution in [-0.4, -0.2) is 41.6 Å². The molecule has 2 heterocycles. The van der Waals surface area contributed by atoms with Crippen molar-refractivity contribution in [2.45, 2.75) is 32.2 Å². The van der Waals surface area contributed by atoms with Gasteiger partial charge in [0.15, 0.2) is 5.82 Å². The summed E-state index contributed by atoms with van der Waals surface area (Å²) in [5, 5.41) is 8.65. The summed E-state index contributed by atoms with van der Waals surface area (Å²) in [6.07, 6.45) is 0. The fraction of sp³-hybridized carbons (Fsp3) is 0.316. The Bertz CT molecular complexity index is 1200. The van der Waals surface area contributed by atoms with E-state index in [4.69, 9.17) is 4.74 Å². The number of nitrogens with zero attached hydrogens (tertiary/aromatic N) is 4. The fourth-order valence-corrected chi connectivity index (χ4v) is 4.10. The number of hydrogen-bond donors (Lipinski definition) is 1. The zero-order chi connectivity index (χ0) is 21.2. The first kappa shape index (κ1) is 20.7. The third kappa shape index (κ3) is 4.54. The first-order valence-electron chi connectivity index (χ1n) is 8.97. The minimum atomic E-state index is -3.80. The highest BCUT2D eigenvalue weighted by Crippen LogP contribution is 2.24. The Morgan fingerprint density at radius 1 is 1.07 bits per heavy atom. The molecule has 0 atom stereocenters. The molecule has 9 nitrogen and oxygen atoms in total. The second-order valence-electron chi connectivity index (χ2n) is 6.64. The SMILES string of the molecule is COc1cc(C)ccc1S(=O)(=O)NCCn1nc(-n2nc(C)cc2C)ccc1=O. The van der Waals surface area contributed by atoms with E-state index in [2.05, 4.69) is 14.9 Å². The molecule has 2 aromatic heterocycles. The molecule has 0 bridgehead atoms. The van der Waals surface area contributed by atoms with E-state index >= 15 is 0 Å². The van der Waals surface area contributed by atoms with E-state index in [0.717, 1.165) is 17.0 Å². The first-order chi connectivity index (χ1) is 13.7. The molecule has 0 unspecified atom stereocenters. The normalized spacial score (nSPS) is 11.6. The van der Waals surface area contributed by atoms with E-state index in [0.29, 0.717) is 5.82 Å². The number of rotatable bonds is 7. The van der Waals surface area contributed by atoms with Gasteiger partial charge in [-0.25, -0.2) is 22.5 Å². The first-order valence-corrected chi connectivity index (χ1v) is 10.5. The fourth-order valence-electron chi connectivity index (χ4n) is 2.93. The van der Waals surface area contributed by atoms with Gasteiger partial charge in [-0.2, -0.15) is 5.10 Å². The van der Waals surface area contributed by atoms with Crippen LogP contribution >= 0.6 is 0 Å². The Morgan fingerprint density at radius 3 is 2.48 bits per heavy atom. The lowest BCUT2D eigenvalue weighted by Crippen LogP contribution is -2.32. The van der Waals surface area contributed by atoms with Crippen LogP contribution < -0.4 is 15.0 Å². The number of ether oxygens (including phenoxy) is 1. The molecule has 0 saturated heterocycles. The quantitative estimate of drug-likeness (QED) is 0.622. The number of aryl methyl sites for hydroxylation is 3. The molecule has 3 rings (SSSR count). The summed E-state index contributed by atoms with van der Waals surface area (Å²) in [6.45, 7) is 5.67. The molecule has 0 aliphatic rings. The van der Waals surface area contributed by atoms with Crippen molar-refractivity contribution < 1.29 is 13.2 Å². The maximum Gasteiger partial charge on any atom is 0.266 e. The number of methoxy groups -OCH3 is 1. The average Bonchev–Trinajstić information content (AvgIpc) is 3.01. The predicted octanol–water partition coefficient (Wildman–Crippen LogP) is 1.34. The van der Waals surface area contributed by atoms with Gasteiger partial charge in [0.25, 0.3) is 5.56 Å². The van der Waals surface area contributed by atoms with Gasteiger partial charge in [0.2, 0.25) is 10.0 Å². The molecule has 0 aliphatic carbocycles. The second kappa shape index (κ2) is 8.18. The van der Waals surface area contributed by atoms with Crippen molar-refractivity contribution in [3.8, 4) is 11.6 Å². The number of benzene rings is 1. The van der Waals surface area contributed by atoms with Crippen molar-refractivity contribution in [3.63, 3.8) is 0 Å². The molecule has 0 spiro atoms. The molecule has 10 heteroatoms. The molecule has 1 N–H and O–H groups in total. The molecule has 0 fully saturated rings. The Morgan fingerprint density at radius 2 is 1.83 bits per heavy atom. The molecule has 154 valence electrons. The number of hydrogen-bond acceptors (Lipinski definition) is 6. The number of aromatic nitrogens is 4. The second-order valence-corrected chi connectivity index (χ2v) is 8.38. The lowest BCUT2D eigenvalue weighted by Gasteiger charge is -2.12. The maximum atomic E-state index is 12.6. The van der Waals surface area contributed by atoms with Crippen LogP contribution in [0.25, 0.3) is 5.82 Å². The zero-order valence-corrected chi connectivity index (χ0v) is 17.5. The largest absolute Gasteiger partial charge is 0.495 e. The lowest BCUT2D eigenvalue weighted by molar-refractivity contribution is 0.402. The van der Waals surface area contributed by atoms with Crippen LogP contribution in [-0.2, 0) is 16.6 Å². The molecule has 0 radical (unpaired) electrons. The predicted molar refractivity (Wildman–Crippen MR) is 108 cm³/mol. The molecule has 29 heavy (non-hydrogen) atoms. The summed E-state index contributed by atoms with van der Waals surface area (Å²) in [6, 6.07) is 9.71. The van der Waals surface area contributed by atoms with Gasteiger partial charge in [0, 0.05) is 18.3 Å². The maximum absolute atomic E-state index is 12.6. The highest BCUT2D eigenvalue weighted by molar-refractivity contribution is 7.89. The smallest absolute Gasteiger partial charge is 0.266 e. The topological polar surface area (TPSA) is 108 Å². The number of sulfonamides is 1. The Hall–Kier alpha value is -2.98. The highest BCUT2D eigenvalue weighted by Gasteiger charge is 2.19. The van der Waals surface area contributed by atoms with Gasteiger partial charge in [0.1, 0.15) is 10.6 Å². The van der Waals surface area contributed by atoms with E-state index in [9.17, 15) is 13.2 Å². The minimum absolute atomic E-state index is 0.00710. The van der Waals surface area contributed by atoms with Crippen molar-refractivity contribution in [1.29, 1.82) is 0 Å². The average molecular weight is 417 g/mol. The van der Waals surface area contributed by atoms with Crippen LogP contribution in [0.2, 0.25) is 0 Å². The summed E-state index contributed by atoms with van der Waals surface area (Å²) in [5.41, 5.74) is 2.27. The summed E-state index contributed by atoms with van der Waals surface area (Å²) in [5.74, 6) is 0.748. The van der Waals surface area contributed by atoms with Crippen molar-refractivity contribution in [2.24, 2.45) is 0 Å². The van der Waals surface area contributed by atoms with E-state index < -0.39 is 10.0 Å². The molecule has 0 aliphatic heterocycles. The van der Waals surface area contributed by atoms with Crippen molar-refractivity contribution in [2.75, 3.05) is 13.7 Å². The highest BCUT2D eigenvalue weighted by atomic mass is 32.2. The lowest BCUT2D eigenvalue weighted by atomic mass is 10.2. The summed E-state index contributed by atoms with van der Waals surface area (Å²) < 4.78 is 35.8. The van der Waals surface area contributed by atoms with Crippen LogP contribution in [0.5, 0.6) is 5.75 Å². The third-order valence-electron chi connectivity index (χ3n) is 4.30. The van der Waals surface area contributed by atoms with Crippen LogP contribution in [0.15, 0.2) is 46.1 Å². The minimum Gasteiger partial charge on any atom is -0.495 e. The molecule has 0 amide bonds. The monoisotopic (exact) mass is 417 g/mol. The summed E-state index contributed by atoms with van der Waals surface area (Å²) >= 11 is 0. The zero-order valence-electron chi connectivity index (χ0n) is 16.7. The van der Waals surface area contributed by atoms with Crippen molar-refractivity contribution >= 4 is 10.0 Å². The van der Waals surface area contributed by atoms with Gasteiger partial charge in [0.05, 0.1) is 19.3 Å². The summed E-state index contributed by atoms with van der Waals surface area (Å²) in [7, 11) is -2.39. The molecular weight excluding hydrogens is 394 g/mol. The van der Waals surface area contributed by atoms with Crippen molar-refractivity contribution in [3.05, 3.63) is 63.7 Å². The van der Waals surface area contributed by atoms with Gasteiger partial charge in [-0.3, -0.25) is 4.79 Å². The van der Waals surface area contributed by atoms with Crippen molar-refractivity contribution in [1.82, 2.24) is 24.3 Å². The van der Waals surface area contributed by atoms with Gasteiger partial charge in [-0.1, -0.05) is 6.07 Å². The van der Waals surface area contributed by atoms with Gasteiger partial charge in [-0.15, -0.1) is 5.10 Å². The molecule has 3 aromatic rings. The summed E-state index contributed by atoms with van der Waals surface area (Å²) in [4.78, 5) is 12.2. The molecule has 0 saturated carbocycles. The van der Waals surface area contributed by atoms with E-state index in [-0.39, 0.29) is 29.3 Å². The molecular formula is C19H23N5O4S. The van der Waals surface area contributed by atoms with Crippen LogP contribution in [0, 0.1) is 20.8 Å². The van der Waals surface area contributed by atoms with E-state index in [1.54, 1.807) is 22.9 Å². The van der Waals surface area contributed by atoms with E-state index in [1.807, 2.05) is 26.8 Å². The van der Waals surface area contributed by atoms with Crippen LogP contribution in [0.4, 0.5) is 0 Å². The Kier molecular flexibility index (Phi) is 5.85. The Balaban J connectivity index is 1.77. The van der Waals surface area contributed by atoms with Gasteiger partial charge < -0.3 is 4.74 Å². The van der Waals surface area contributed by atoms with Gasteiger partial charge >= 0.3 is 0 Å². The third-order valence-corrected chi connectivity index (χ3v) is 5.80.